The average Bonchev–Trinajstić information content (AvgIpc) is 2.51. The molecule has 4 nitrogen and oxygen atoms in total. The highest BCUT2D eigenvalue weighted by atomic mass is 16.6. The van der Waals surface area contributed by atoms with Crippen LogP contribution in [-0.4, -0.2) is 28.5 Å². The summed E-state index contributed by atoms with van der Waals surface area (Å²) in [6.45, 7) is 3.71. The lowest BCUT2D eigenvalue weighted by Gasteiger charge is -2.35. The average molecular weight is 225 g/mol. The fourth-order valence-electron chi connectivity index (χ4n) is 2.86. The summed E-state index contributed by atoms with van der Waals surface area (Å²) in [5, 5.41) is 0. The van der Waals surface area contributed by atoms with E-state index in [2.05, 4.69) is 0 Å². The van der Waals surface area contributed by atoms with Gasteiger partial charge in [-0.2, -0.15) is 0 Å². The van der Waals surface area contributed by atoms with Crippen molar-refractivity contribution in [1.29, 1.82) is 0 Å². The van der Waals surface area contributed by atoms with Gasteiger partial charge < -0.3 is 4.74 Å². The number of hydrogen-bond donors (Lipinski definition) is 0. The van der Waals surface area contributed by atoms with Gasteiger partial charge in [0.05, 0.1) is 6.04 Å². The van der Waals surface area contributed by atoms with E-state index in [1.165, 1.54) is 11.3 Å². The molecule has 1 heterocycles. The molecule has 2 aliphatic rings. The van der Waals surface area contributed by atoms with E-state index in [-0.39, 0.29) is 17.6 Å². The third-order valence-corrected chi connectivity index (χ3v) is 3.91. The maximum Gasteiger partial charge on any atom is 0.417 e. The Balaban J connectivity index is 2.20. The molecule has 2 fully saturated rings. The number of nitrogens with zero attached hydrogens (tertiary/aromatic N) is 1. The predicted octanol–water partition coefficient (Wildman–Crippen LogP) is 2.47. The monoisotopic (exact) mass is 225 g/mol. The molecule has 1 saturated carbocycles. The van der Waals surface area contributed by atoms with Crippen molar-refractivity contribution in [2.24, 2.45) is 0 Å². The minimum absolute atomic E-state index is 0.104. The van der Waals surface area contributed by atoms with Crippen LogP contribution in [0.25, 0.3) is 0 Å². The highest BCUT2D eigenvalue weighted by Crippen LogP contribution is 2.41. The SMILES string of the molecule is CCC(=O)N1C(=O)OC2(CCCCC2)[C@@H]1C. The van der Waals surface area contributed by atoms with Gasteiger partial charge in [-0.3, -0.25) is 4.79 Å². The predicted molar refractivity (Wildman–Crippen MR) is 58.9 cm³/mol. The van der Waals surface area contributed by atoms with Crippen LogP contribution in [0.3, 0.4) is 0 Å². The zero-order chi connectivity index (χ0) is 11.8. The second kappa shape index (κ2) is 4.07. The Kier molecular flexibility index (Phi) is 2.91. The molecule has 90 valence electrons. The van der Waals surface area contributed by atoms with E-state index < -0.39 is 6.09 Å². The van der Waals surface area contributed by atoms with E-state index in [9.17, 15) is 9.59 Å². The smallest absolute Gasteiger partial charge is 0.417 e. The third-order valence-electron chi connectivity index (χ3n) is 3.91. The standard InChI is InChI=1S/C12H19NO3/c1-3-10(14)13-9(2)12(16-11(13)15)7-5-4-6-8-12/h9H,3-8H2,1-2H3/t9-/m0/s1. The number of amides is 2. The Morgan fingerprint density at radius 1 is 1.44 bits per heavy atom. The highest BCUT2D eigenvalue weighted by Gasteiger charge is 2.53. The molecule has 0 aromatic heterocycles. The molecule has 2 amide bonds. The van der Waals surface area contributed by atoms with Crippen LogP contribution in [0.15, 0.2) is 0 Å². The molecule has 0 aromatic carbocycles. The molecule has 1 saturated heterocycles. The van der Waals surface area contributed by atoms with Gasteiger partial charge in [0.2, 0.25) is 5.91 Å². The molecule has 1 spiro atoms. The lowest BCUT2D eigenvalue weighted by atomic mass is 9.80. The summed E-state index contributed by atoms with van der Waals surface area (Å²) in [7, 11) is 0. The first kappa shape index (κ1) is 11.4. The zero-order valence-corrected chi connectivity index (χ0v) is 9.99. The highest BCUT2D eigenvalue weighted by molar-refractivity contribution is 5.93. The maximum atomic E-state index is 11.7. The summed E-state index contributed by atoms with van der Waals surface area (Å²) in [6.07, 6.45) is 5.09. The zero-order valence-electron chi connectivity index (χ0n) is 9.99. The molecule has 4 heteroatoms. The van der Waals surface area contributed by atoms with Crippen LogP contribution < -0.4 is 0 Å². The normalized spacial score (nSPS) is 28.2. The van der Waals surface area contributed by atoms with Crippen LogP contribution in [0.2, 0.25) is 0 Å². The van der Waals surface area contributed by atoms with Crippen LogP contribution in [0.5, 0.6) is 0 Å². The summed E-state index contributed by atoms with van der Waals surface area (Å²) >= 11 is 0. The van der Waals surface area contributed by atoms with Crippen molar-refractivity contribution >= 4 is 12.0 Å². The maximum absolute atomic E-state index is 11.7. The topological polar surface area (TPSA) is 46.6 Å². The Morgan fingerprint density at radius 2 is 2.06 bits per heavy atom. The Morgan fingerprint density at radius 3 is 2.62 bits per heavy atom. The molecule has 0 N–H and O–H groups in total. The Bertz CT molecular complexity index is 307. The molecule has 0 aromatic rings. The number of carbonyl (C=O) groups is 2. The van der Waals surface area contributed by atoms with Crippen LogP contribution >= 0.6 is 0 Å². The minimum atomic E-state index is -0.443. The lowest BCUT2D eigenvalue weighted by Crippen LogP contribution is -2.46. The first-order chi connectivity index (χ1) is 7.60. The van der Waals surface area contributed by atoms with Gasteiger partial charge in [-0.05, 0) is 32.6 Å². The summed E-state index contributed by atoms with van der Waals surface area (Å²) in [4.78, 5) is 24.7. The summed E-state index contributed by atoms with van der Waals surface area (Å²) in [5.41, 5.74) is -0.389. The number of hydrogen-bond acceptors (Lipinski definition) is 3. The van der Waals surface area contributed by atoms with Gasteiger partial charge >= 0.3 is 6.09 Å². The van der Waals surface area contributed by atoms with Crippen molar-refractivity contribution in [1.82, 2.24) is 4.90 Å². The van der Waals surface area contributed by atoms with Crippen LogP contribution in [-0.2, 0) is 9.53 Å². The number of rotatable bonds is 1. The van der Waals surface area contributed by atoms with Gasteiger partial charge in [0.25, 0.3) is 0 Å². The van der Waals surface area contributed by atoms with E-state index in [0.717, 1.165) is 25.7 Å². The molecule has 1 aliphatic heterocycles. The Labute approximate surface area is 95.9 Å². The van der Waals surface area contributed by atoms with Crippen LogP contribution in [0, 0.1) is 0 Å². The van der Waals surface area contributed by atoms with E-state index in [0.29, 0.717) is 6.42 Å². The van der Waals surface area contributed by atoms with Crippen LogP contribution in [0.4, 0.5) is 4.79 Å². The summed E-state index contributed by atoms with van der Waals surface area (Å²) < 4.78 is 5.50. The second-order valence-corrected chi connectivity index (χ2v) is 4.79. The fourth-order valence-corrected chi connectivity index (χ4v) is 2.86. The minimum Gasteiger partial charge on any atom is -0.440 e. The van der Waals surface area contributed by atoms with Crippen molar-refractivity contribution in [3.63, 3.8) is 0 Å². The first-order valence-electron chi connectivity index (χ1n) is 6.16. The molecule has 16 heavy (non-hydrogen) atoms. The van der Waals surface area contributed by atoms with E-state index in [4.69, 9.17) is 4.74 Å². The fraction of sp³-hybridized carbons (Fsp3) is 0.833. The quantitative estimate of drug-likeness (QED) is 0.688. The van der Waals surface area contributed by atoms with Gasteiger partial charge in [0, 0.05) is 6.42 Å². The molecule has 1 atom stereocenters. The second-order valence-electron chi connectivity index (χ2n) is 4.79. The Hall–Kier alpha value is -1.06. The molecule has 0 radical (unpaired) electrons. The summed E-state index contributed by atoms with van der Waals surface area (Å²) in [5.74, 6) is -0.125. The third kappa shape index (κ3) is 1.60. The molecule has 0 bridgehead atoms. The molecule has 0 unspecified atom stereocenters. The summed E-state index contributed by atoms with van der Waals surface area (Å²) in [6, 6.07) is -0.104. The molecular formula is C12H19NO3. The lowest BCUT2D eigenvalue weighted by molar-refractivity contribution is -0.129. The first-order valence-corrected chi connectivity index (χ1v) is 6.16. The van der Waals surface area contributed by atoms with E-state index in [1.807, 2.05) is 6.92 Å². The van der Waals surface area contributed by atoms with Gasteiger partial charge in [-0.25, -0.2) is 9.69 Å². The van der Waals surface area contributed by atoms with Crippen molar-refractivity contribution in [3.05, 3.63) is 0 Å². The number of carbonyl (C=O) groups excluding carboxylic acids is 2. The van der Waals surface area contributed by atoms with Crippen molar-refractivity contribution in [2.75, 3.05) is 0 Å². The van der Waals surface area contributed by atoms with Crippen molar-refractivity contribution in [2.45, 2.75) is 64.0 Å². The van der Waals surface area contributed by atoms with E-state index in [1.54, 1.807) is 6.92 Å². The largest absolute Gasteiger partial charge is 0.440 e. The van der Waals surface area contributed by atoms with Crippen molar-refractivity contribution < 1.29 is 14.3 Å². The van der Waals surface area contributed by atoms with Gasteiger partial charge in [-0.1, -0.05) is 13.3 Å². The molecular weight excluding hydrogens is 206 g/mol. The van der Waals surface area contributed by atoms with Gasteiger partial charge in [-0.15, -0.1) is 0 Å². The van der Waals surface area contributed by atoms with Crippen LogP contribution in [0.1, 0.15) is 52.4 Å². The van der Waals surface area contributed by atoms with Gasteiger partial charge in [0.1, 0.15) is 5.60 Å². The van der Waals surface area contributed by atoms with Crippen molar-refractivity contribution in [3.8, 4) is 0 Å². The number of imide groups is 1. The van der Waals surface area contributed by atoms with E-state index >= 15 is 0 Å². The molecule has 2 rings (SSSR count). The molecule has 1 aliphatic carbocycles. The number of ether oxygens (including phenoxy) is 1. The van der Waals surface area contributed by atoms with Gasteiger partial charge in [0.15, 0.2) is 0 Å².